The molecule has 2 N–H and O–H groups in total. The quantitative estimate of drug-likeness (QED) is 0.803. The van der Waals surface area contributed by atoms with Gasteiger partial charge in [-0.25, -0.2) is 13.1 Å². The van der Waals surface area contributed by atoms with E-state index in [0.29, 0.717) is 23.7 Å². The topological polar surface area (TPSA) is 58.2 Å². The van der Waals surface area contributed by atoms with Gasteiger partial charge in [-0.2, -0.15) is 0 Å². The lowest BCUT2D eigenvalue weighted by atomic mass is 10.1. The predicted molar refractivity (Wildman–Crippen MR) is 83.9 cm³/mol. The smallest absolute Gasteiger partial charge is 0.242 e. The third-order valence-corrected chi connectivity index (χ3v) is 5.32. The molecule has 0 heterocycles. The van der Waals surface area contributed by atoms with Gasteiger partial charge < -0.3 is 5.32 Å². The molecular weight excluding hydrogens is 319 g/mol. The van der Waals surface area contributed by atoms with Crippen LogP contribution in [0.25, 0.3) is 0 Å². The van der Waals surface area contributed by atoms with Gasteiger partial charge in [-0.15, -0.1) is 0 Å². The van der Waals surface area contributed by atoms with E-state index in [4.69, 9.17) is 23.2 Å². The molecule has 0 aliphatic carbocycles. The molecule has 1 aromatic rings. The van der Waals surface area contributed by atoms with Crippen LogP contribution in [-0.2, 0) is 16.6 Å². The minimum Gasteiger partial charge on any atom is -0.316 e. The van der Waals surface area contributed by atoms with Crippen molar-refractivity contribution in [3.8, 4) is 0 Å². The summed E-state index contributed by atoms with van der Waals surface area (Å²) in [5.41, 5.74) is 0.697. The molecule has 7 heteroatoms. The molecule has 4 nitrogen and oxygen atoms in total. The fraction of sp³-hybridized carbons (Fsp3) is 0.538. The Morgan fingerprint density at radius 3 is 2.45 bits per heavy atom. The molecule has 0 fully saturated rings. The van der Waals surface area contributed by atoms with E-state index >= 15 is 0 Å². The Bertz CT molecular complexity index is 562. The van der Waals surface area contributed by atoms with E-state index in [2.05, 4.69) is 10.0 Å². The second kappa shape index (κ2) is 7.61. The summed E-state index contributed by atoms with van der Waals surface area (Å²) in [5, 5.41) is 3.52. The van der Waals surface area contributed by atoms with Crippen molar-refractivity contribution >= 4 is 33.2 Å². The van der Waals surface area contributed by atoms with Crippen molar-refractivity contribution in [2.75, 3.05) is 13.6 Å². The molecule has 20 heavy (non-hydrogen) atoms. The molecule has 0 aliphatic heterocycles. The monoisotopic (exact) mass is 338 g/mol. The summed E-state index contributed by atoms with van der Waals surface area (Å²) in [5.74, 6) is 0.271. The largest absolute Gasteiger partial charge is 0.316 e. The summed E-state index contributed by atoms with van der Waals surface area (Å²) in [6, 6.07) is 2.98. The molecular formula is C13H20Cl2N2O2S. The minimum absolute atomic E-state index is 0.0668. The Labute approximate surface area is 130 Å². The van der Waals surface area contributed by atoms with Gasteiger partial charge in [0.1, 0.15) is 4.90 Å². The fourth-order valence-electron chi connectivity index (χ4n) is 1.58. The number of nitrogens with one attached hydrogen (secondary N) is 2. The van der Waals surface area contributed by atoms with Crippen LogP contribution in [-0.4, -0.2) is 22.0 Å². The van der Waals surface area contributed by atoms with Crippen LogP contribution in [0.2, 0.25) is 10.0 Å². The summed E-state index contributed by atoms with van der Waals surface area (Å²) in [6.45, 7) is 4.86. The molecule has 1 atom stereocenters. The Morgan fingerprint density at radius 2 is 1.90 bits per heavy atom. The first-order valence-corrected chi connectivity index (χ1v) is 8.67. The van der Waals surface area contributed by atoms with Gasteiger partial charge in [0.15, 0.2) is 0 Å². The maximum absolute atomic E-state index is 12.3. The van der Waals surface area contributed by atoms with Crippen molar-refractivity contribution in [1.82, 2.24) is 10.0 Å². The van der Waals surface area contributed by atoms with Crippen molar-refractivity contribution in [3.05, 3.63) is 27.7 Å². The van der Waals surface area contributed by atoms with Crippen molar-refractivity contribution in [2.24, 2.45) is 5.92 Å². The standard InChI is InChI=1S/C13H20Cl2N2O2S/c1-4-9(2)7-17-20(18,19)13-5-10(8-16-3)11(14)6-12(13)15/h5-6,9,16-17H,4,7-8H2,1-3H3. The highest BCUT2D eigenvalue weighted by atomic mass is 35.5. The van der Waals surface area contributed by atoms with Crippen molar-refractivity contribution in [2.45, 2.75) is 31.7 Å². The van der Waals surface area contributed by atoms with Crippen LogP contribution >= 0.6 is 23.2 Å². The first kappa shape index (κ1) is 17.7. The maximum atomic E-state index is 12.3. The molecule has 0 saturated carbocycles. The molecule has 0 aromatic heterocycles. The number of benzene rings is 1. The first-order chi connectivity index (χ1) is 9.31. The van der Waals surface area contributed by atoms with E-state index in [0.717, 1.165) is 6.42 Å². The van der Waals surface area contributed by atoms with E-state index in [-0.39, 0.29) is 15.8 Å². The van der Waals surface area contributed by atoms with Crippen molar-refractivity contribution in [1.29, 1.82) is 0 Å². The molecule has 1 aromatic carbocycles. The van der Waals surface area contributed by atoms with Gasteiger partial charge in [0.2, 0.25) is 10.0 Å². The summed E-state index contributed by atoms with van der Waals surface area (Å²) >= 11 is 12.1. The van der Waals surface area contributed by atoms with E-state index in [1.54, 1.807) is 7.05 Å². The van der Waals surface area contributed by atoms with E-state index in [1.807, 2.05) is 13.8 Å². The number of hydrogen-bond donors (Lipinski definition) is 2. The van der Waals surface area contributed by atoms with Crippen LogP contribution in [0.15, 0.2) is 17.0 Å². The SMILES string of the molecule is CCC(C)CNS(=O)(=O)c1cc(CNC)c(Cl)cc1Cl. The summed E-state index contributed by atoms with van der Waals surface area (Å²) < 4.78 is 27.1. The minimum atomic E-state index is -3.62. The number of halogens is 2. The van der Waals surface area contributed by atoms with E-state index < -0.39 is 10.0 Å². The highest BCUT2D eigenvalue weighted by Gasteiger charge is 2.20. The lowest BCUT2D eigenvalue weighted by molar-refractivity contribution is 0.528. The zero-order chi connectivity index (χ0) is 15.3. The van der Waals surface area contributed by atoms with Gasteiger partial charge in [0.25, 0.3) is 0 Å². The molecule has 1 rings (SSSR count). The number of rotatable bonds is 7. The molecule has 0 saturated heterocycles. The van der Waals surface area contributed by atoms with Gasteiger partial charge >= 0.3 is 0 Å². The Morgan fingerprint density at radius 1 is 1.25 bits per heavy atom. The van der Waals surface area contributed by atoms with E-state index in [1.165, 1.54) is 12.1 Å². The van der Waals surface area contributed by atoms with Crippen LogP contribution in [0.3, 0.4) is 0 Å². The van der Waals surface area contributed by atoms with Crippen molar-refractivity contribution in [3.63, 3.8) is 0 Å². The Balaban J connectivity index is 3.08. The van der Waals surface area contributed by atoms with E-state index in [9.17, 15) is 8.42 Å². The Hall–Kier alpha value is -0.330. The van der Waals surface area contributed by atoms with Crippen LogP contribution < -0.4 is 10.0 Å². The maximum Gasteiger partial charge on any atom is 0.242 e. The zero-order valence-electron chi connectivity index (χ0n) is 11.8. The third-order valence-electron chi connectivity index (χ3n) is 3.08. The molecule has 114 valence electrons. The van der Waals surface area contributed by atoms with Gasteiger partial charge in [-0.1, -0.05) is 43.5 Å². The van der Waals surface area contributed by atoms with Crippen LogP contribution in [0.4, 0.5) is 0 Å². The van der Waals surface area contributed by atoms with Crippen LogP contribution in [0, 0.1) is 5.92 Å². The van der Waals surface area contributed by atoms with Gasteiger partial charge in [0.05, 0.1) is 5.02 Å². The first-order valence-electron chi connectivity index (χ1n) is 6.44. The highest BCUT2D eigenvalue weighted by molar-refractivity contribution is 7.89. The third kappa shape index (κ3) is 4.60. The summed E-state index contributed by atoms with van der Waals surface area (Å²) in [7, 11) is -1.86. The molecule has 0 radical (unpaired) electrons. The lowest BCUT2D eigenvalue weighted by Crippen LogP contribution is -2.28. The molecule has 0 amide bonds. The summed E-state index contributed by atoms with van der Waals surface area (Å²) in [6.07, 6.45) is 0.905. The molecule has 0 spiro atoms. The highest BCUT2D eigenvalue weighted by Crippen LogP contribution is 2.28. The van der Waals surface area contributed by atoms with Gasteiger partial charge in [0, 0.05) is 18.1 Å². The molecule has 1 unspecified atom stereocenters. The van der Waals surface area contributed by atoms with Crippen LogP contribution in [0.5, 0.6) is 0 Å². The molecule has 0 aliphatic rings. The van der Waals surface area contributed by atoms with Crippen LogP contribution in [0.1, 0.15) is 25.8 Å². The number of hydrogen-bond acceptors (Lipinski definition) is 3. The van der Waals surface area contributed by atoms with Gasteiger partial charge in [-0.3, -0.25) is 0 Å². The average molecular weight is 339 g/mol. The molecule has 0 bridgehead atoms. The summed E-state index contributed by atoms with van der Waals surface area (Å²) in [4.78, 5) is 0.0668. The second-order valence-electron chi connectivity index (χ2n) is 4.77. The Kier molecular flexibility index (Phi) is 6.75. The number of sulfonamides is 1. The lowest BCUT2D eigenvalue weighted by Gasteiger charge is -2.13. The normalized spacial score (nSPS) is 13.4. The zero-order valence-corrected chi connectivity index (χ0v) is 14.2. The average Bonchev–Trinajstić information content (AvgIpc) is 2.39. The van der Waals surface area contributed by atoms with Gasteiger partial charge in [-0.05, 0) is 30.7 Å². The fourth-order valence-corrected chi connectivity index (χ4v) is 3.60. The second-order valence-corrected chi connectivity index (χ2v) is 7.32. The van der Waals surface area contributed by atoms with Crippen molar-refractivity contribution < 1.29 is 8.42 Å². The predicted octanol–water partition coefficient (Wildman–Crippen LogP) is 3.04.